The zero-order chi connectivity index (χ0) is 25.0. The number of benzene rings is 2. The van der Waals surface area contributed by atoms with Crippen molar-refractivity contribution in [2.45, 2.75) is 56.9 Å². The lowest BCUT2D eigenvalue weighted by Gasteiger charge is -2.15. The molecule has 0 radical (unpaired) electrons. The van der Waals surface area contributed by atoms with Crippen LogP contribution < -0.4 is 4.18 Å². The predicted molar refractivity (Wildman–Crippen MR) is 127 cm³/mol. The molecule has 8 nitrogen and oxygen atoms in total. The van der Waals surface area contributed by atoms with Crippen molar-refractivity contribution in [2.75, 3.05) is 5.75 Å². The summed E-state index contributed by atoms with van der Waals surface area (Å²) in [5.41, 5.74) is 2.89. The fourth-order valence-corrected chi connectivity index (χ4v) is 7.68. The number of nitrogens with zero attached hydrogens (tertiary/aromatic N) is 2. The van der Waals surface area contributed by atoms with E-state index in [0.29, 0.717) is 22.3 Å². The van der Waals surface area contributed by atoms with E-state index in [-0.39, 0.29) is 39.4 Å². The van der Waals surface area contributed by atoms with Gasteiger partial charge in [0.1, 0.15) is 10.5 Å². The van der Waals surface area contributed by atoms with E-state index >= 15 is 0 Å². The average molecular weight is 503 g/mol. The first-order valence-electron chi connectivity index (χ1n) is 10.9. The van der Waals surface area contributed by atoms with Gasteiger partial charge >= 0.3 is 10.1 Å². The Morgan fingerprint density at radius 2 is 1.79 bits per heavy atom. The molecule has 1 atom stereocenters. The molecule has 1 aliphatic rings. The molecular formula is C24H26N2O6S2. The van der Waals surface area contributed by atoms with Crippen LogP contribution in [-0.4, -0.2) is 38.2 Å². The number of ketones is 1. The monoisotopic (exact) mass is 502 g/mol. The largest absolute Gasteiger partial charge is 0.358 e. The minimum Gasteiger partial charge on any atom is -0.358 e. The highest BCUT2D eigenvalue weighted by Gasteiger charge is 2.37. The maximum Gasteiger partial charge on any atom is 0.340 e. The number of sulfone groups is 1. The zero-order valence-corrected chi connectivity index (χ0v) is 21.2. The smallest absolute Gasteiger partial charge is 0.340 e. The zero-order valence-electron chi connectivity index (χ0n) is 19.6. The van der Waals surface area contributed by atoms with Crippen LogP contribution in [0.4, 0.5) is 0 Å². The van der Waals surface area contributed by atoms with E-state index in [9.17, 15) is 21.6 Å². The second-order valence-electron chi connectivity index (χ2n) is 8.65. The Morgan fingerprint density at radius 1 is 1.15 bits per heavy atom. The molecule has 0 spiro atoms. The molecule has 34 heavy (non-hydrogen) atoms. The fourth-order valence-electron chi connectivity index (χ4n) is 4.50. The van der Waals surface area contributed by atoms with E-state index in [1.165, 1.54) is 23.0 Å². The second-order valence-corrected chi connectivity index (χ2v) is 12.2. The van der Waals surface area contributed by atoms with Crippen LogP contribution in [0.2, 0.25) is 0 Å². The second kappa shape index (κ2) is 8.35. The van der Waals surface area contributed by atoms with Crippen molar-refractivity contribution in [2.24, 2.45) is 0 Å². The molecule has 1 aliphatic heterocycles. The van der Waals surface area contributed by atoms with Crippen molar-refractivity contribution in [3.8, 4) is 5.88 Å². The van der Waals surface area contributed by atoms with Gasteiger partial charge < -0.3 is 4.18 Å². The van der Waals surface area contributed by atoms with Crippen molar-refractivity contribution >= 4 is 25.7 Å². The summed E-state index contributed by atoms with van der Waals surface area (Å²) in [5.74, 6) is -0.902. The molecule has 10 heteroatoms. The SMILES string of the molecule is CCn1ncc(C(=O)c2cc(C)c3c(c2C)C(C)CS3(=O)=O)c1OS(=O)(=O)c1ccc(C)cc1. The Kier molecular flexibility index (Phi) is 5.93. The van der Waals surface area contributed by atoms with Crippen molar-refractivity contribution < 1.29 is 25.8 Å². The van der Waals surface area contributed by atoms with Crippen LogP contribution >= 0.6 is 0 Å². The highest BCUT2D eigenvalue weighted by molar-refractivity contribution is 7.91. The van der Waals surface area contributed by atoms with Crippen LogP contribution in [0.1, 0.15) is 57.9 Å². The summed E-state index contributed by atoms with van der Waals surface area (Å²) < 4.78 is 57.8. The third-order valence-electron chi connectivity index (χ3n) is 6.12. The number of carbonyl (C=O) groups is 1. The maximum atomic E-state index is 13.6. The minimum absolute atomic E-state index is 0.00141. The average Bonchev–Trinajstić information content (AvgIpc) is 3.26. The maximum absolute atomic E-state index is 13.6. The normalized spacial score (nSPS) is 16.9. The van der Waals surface area contributed by atoms with Gasteiger partial charge in [-0.05, 0) is 68.5 Å². The Bertz CT molecular complexity index is 1520. The summed E-state index contributed by atoms with van der Waals surface area (Å²) in [6.45, 7) is 9.08. The van der Waals surface area contributed by atoms with Gasteiger partial charge in [-0.15, -0.1) is 0 Å². The van der Waals surface area contributed by atoms with Crippen molar-refractivity contribution in [3.63, 3.8) is 0 Å². The van der Waals surface area contributed by atoms with Gasteiger partial charge in [-0.1, -0.05) is 24.6 Å². The summed E-state index contributed by atoms with van der Waals surface area (Å²) >= 11 is 0. The summed E-state index contributed by atoms with van der Waals surface area (Å²) in [6, 6.07) is 7.74. The molecular weight excluding hydrogens is 476 g/mol. The lowest BCUT2D eigenvalue weighted by atomic mass is 9.89. The number of aromatic nitrogens is 2. The number of aryl methyl sites for hydroxylation is 3. The molecule has 0 fully saturated rings. The molecule has 0 aliphatic carbocycles. The van der Waals surface area contributed by atoms with E-state index < -0.39 is 25.7 Å². The first kappa shape index (κ1) is 24.2. The molecule has 0 saturated carbocycles. The van der Waals surface area contributed by atoms with Crippen LogP contribution in [0.15, 0.2) is 46.3 Å². The molecule has 0 amide bonds. The summed E-state index contributed by atoms with van der Waals surface area (Å²) in [4.78, 5) is 13.9. The van der Waals surface area contributed by atoms with Gasteiger partial charge in [0.25, 0.3) is 0 Å². The standard InChI is InChI=1S/C24H26N2O6S2/c1-6-26-24(32-34(30,31)18-9-7-14(2)8-10-18)20(12-25-26)22(27)19-11-15(3)23-21(17(19)5)16(4)13-33(23,28)29/h7-12,16H,6,13H2,1-5H3. The lowest BCUT2D eigenvalue weighted by Crippen LogP contribution is -2.16. The Balaban J connectivity index is 1.81. The number of fused-ring (bicyclic) bond motifs is 1. The molecule has 4 rings (SSSR count). The lowest BCUT2D eigenvalue weighted by molar-refractivity contribution is 0.103. The number of hydrogen-bond donors (Lipinski definition) is 0. The van der Waals surface area contributed by atoms with Crippen LogP contribution in [0.5, 0.6) is 5.88 Å². The third-order valence-corrected chi connectivity index (χ3v) is 9.45. The van der Waals surface area contributed by atoms with Gasteiger partial charge in [0.05, 0.1) is 16.8 Å². The predicted octanol–water partition coefficient (Wildman–Crippen LogP) is 3.72. The first-order chi connectivity index (χ1) is 15.9. The van der Waals surface area contributed by atoms with Gasteiger partial charge in [-0.3, -0.25) is 4.79 Å². The Labute approximate surface area is 199 Å². The molecule has 0 N–H and O–H groups in total. The minimum atomic E-state index is -4.22. The molecule has 1 aromatic heterocycles. The highest BCUT2D eigenvalue weighted by atomic mass is 32.2. The first-order valence-corrected chi connectivity index (χ1v) is 13.9. The summed E-state index contributed by atoms with van der Waals surface area (Å²) in [5, 5.41) is 4.15. The van der Waals surface area contributed by atoms with Gasteiger partial charge in [-0.2, -0.15) is 13.5 Å². The van der Waals surface area contributed by atoms with E-state index in [1.807, 2.05) is 13.8 Å². The third kappa shape index (κ3) is 3.94. The van der Waals surface area contributed by atoms with Crippen LogP contribution in [0.25, 0.3) is 0 Å². The number of carbonyl (C=O) groups excluding carboxylic acids is 1. The van der Waals surface area contributed by atoms with Crippen molar-refractivity contribution in [1.29, 1.82) is 0 Å². The summed E-state index contributed by atoms with van der Waals surface area (Å²) in [7, 11) is -7.63. The number of hydrogen-bond acceptors (Lipinski definition) is 7. The van der Waals surface area contributed by atoms with Crippen molar-refractivity contribution in [1.82, 2.24) is 9.78 Å². The molecule has 2 heterocycles. The Morgan fingerprint density at radius 3 is 2.41 bits per heavy atom. The van der Waals surface area contributed by atoms with Gasteiger partial charge in [0.15, 0.2) is 15.6 Å². The molecule has 3 aromatic rings. The molecule has 1 unspecified atom stereocenters. The molecule has 180 valence electrons. The van der Waals surface area contributed by atoms with Gasteiger partial charge in [0.2, 0.25) is 5.88 Å². The van der Waals surface area contributed by atoms with E-state index in [1.54, 1.807) is 39.0 Å². The molecule has 2 aromatic carbocycles. The topological polar surface area (TPSA) is 112 Å². The van der Waals surface area contributed by atoms with Gasteiger partial charge in [-0.25, -0.2) is 13.1 Å². The Hall–Kier alpha value is -2.98. The van der Waals surface area contributed by atoms with Crippen LogP contribution in [0, 0.1) is 20.8 Å². The van der Waals surface area contributed by atoms with E-state index in [4.69, 9.17) is 4.18 Å². The molecule has 0 bridgehead atoms. The van der Waals surface area contributed by atoms with E-state index in [0.717, 1.165) is 5.56 Å². The van der Waals surface area contributed by atoms with Crippen molar-refractivity contribution in [3.05, 3.63) is 69.9 Å². The quantitative estimate of drug-likeness (QED) is 0.373. The summed E-state index contributed by atoms with van der Waals surface area (Å²) in [6.07, 6.45) is 1.29. The van der Waals surface area contributed by atoms with Crippen LogP contribution in [-0.2, 0) is 26.5 Å². The number of rotatable bonds is 6. The van der Waals surface area contributed by atoms with Gasteiger partial charge in [0, 0.05) is 12.1 Å². The van der Waals surface area contributed by atoms with Crippen LogP contribution in [0.3, 0.4) is 0 Å². The fraction of sp³-hybridized carbons (Fsp3) is 0.333. The molecule has 0 saturated heterocycles. The van der Waals surface area contributed by atoms with E-state index in [2.05, 4.69) is 5.10 Å². The highest BCUT2D eigenvalue weighted by Crippen LogP contribution is 2.41.